The van der Waals surface area contributed by atoms with Gasteiger partial charge in [-0.2, -0.15) is 0 Å². The molecule has 0 aromatic heterocycles. The highest BCUT2D eigenvalue weighted by atomic mass is 32.2. The molecule has 0 saturated carbocycles. The maximum Gasteiger partial charge on any atom is 0.244 e. The van der Waals surface area contributed by atoms with Crippen LogP contribution in [0.2, 0.25) is 0 Å². The summed E-state index contributed by atoms with van der Waals surface area (Å²) in [5, 5.41) is 2.84. The first-order valence-corrected chi connectivity index (χ1v) is 10.6. The molecule has 0 aliphatic rings. The summed E-state index contributed by atoms with van der Waals surface area (Å²) in [5.74, 6) is 0.281. The second-order valence-electron chi connectivity index (χ2n) is 6.38. The van der Waals surface area contributed by atoms with Crippen LogP contribution in [0.3, 0.4) is 0 Å². The predicted octanol–water partition coefficient (Wildman–Crippen LogP) is 2.86. The van der Waals surface area contributed by atoms with Crippen LogP contribution in [0.15, 0.2) is 48.5 Å². The van der Waals surface area contributed by atoms with E-state index in [0.717, 1.165) is 21.7 Å². The third-order valence-electron chi connectivity index (χ3n) is 4.24. The van der Waals surface area contributed by atoms with Crippen molar-refractivity contribution in [3.05, 3.63) is 59.7 Å². The Morgan fingerprint density at radius 1 is 1.11 bits per heavy atom. The summed E-state index contributed by atoms with van der Waals surface area (Å²) in [4.78, 5) is 12.8. The number of benzene rings is 2. The molecule has 0 heterocycles. The molecule has 1 atom stereocenters. The Morgan fingerprint density at radius 3 is 2.19 bits per heavy atom. The molecule has 2 aromatic carbocycles. The molecule has 1 amide bonds. The summed E-state index contributed by atoms with van der Waals surface area (Å²) in [6.07, 6.45) is 1.45. The van der Waals surface area contributed by atoms with Crippen LogP contribution < -0.4 is 14.4 Å². The van der Waals surface area contributed by atoms with Gasteiger partial charge in [0.05, 0.1) is 19.1 Å². The van der Waals surface area contributed by atoms with E-state index in [0.29, 0.717) is 24.4 Å². The van der Waals surface area contributed by atoms with Gasteiger partial charge in [-0.25, -0.2) is 8.42 Å². The quantitative estimate of drug-likeness (QED) is 0.752. The summed E-state index contributed by atoms with van der Waals surface area (Å²) < 4.78 is 31.1. The number of aryl methyl sites for hydroxylation is 1. The van der Waals surface area contributed by atoms with E-state index in [1.807, 2.05) is 31.2 Å². The molecule has 146 valence electrons. The fourth-order valence-electron chi connectivity index (χ4n) is 2.80. The monoisotopic (exact) mass is 390 g/mol. The first-order valence-electron chi connectivity index (χ1n) is 8.73. The summed E-state index contributed by atoms with van der Waals surface area (Å²) >= 11 is 0. The van der Waals surface area contributed by atoms with Crippen molar-refractivity contribution in [2.24, 2.45) is 0 Å². The normalized spacial score (nSPS) is 12.3. The predicted molar refractivity (Wildman–Crippen MR) is 107 cm³/mol. The zero-order chi connectivity index (χ0) is 20.0. The van der Waals surface area contributed by atoms with E-state index in [4.69, 9.17) is 4.74 Å². The first-order chi connectivity index (χ1) is 12.8. The molecule has 0 bridgehead atoms. The van der Waals surface area contributed by atoms with E-state index < -0.39 is 16.1 Å². The van der Waals surface area contributed by atoms with Gasteiger partial charge in [-0.05, 0) is 43.2 Å². The number of hydrogen-bond acceptors (Lipinski definition) is 4. The van der Waals surface area contributed by atoms with Crippen LogP contribution in [-0.4, -0.2) is 33.7 Å². The Kier molecular flexibility index (Phi) is 6.85. The maximum atomic E-state index is 12.8. The average Bonchev–Trinajstić information content (AvgIpc) is 2.64. The zero-order valence-corrected chi connectivity index (χ0v) is 16.9. The Hall–Kier alpha value is -2.54. The molecule has 0 saturated heterocycles. The lowest BCUT2D eigenvalue weighted by molar-refractivity contribution is -0.122. The highest BCUT2D eigenvalue weighted by Gasteiger charge is 2.31. The molecule has 7 heteroatoms. The fourth-order valence-corrected chi connectivity index (χ4v) is 4.01. The van der Waals surface area contributed by atoms with Crippen molar-refractivity contribution < 1.29 is 17.9 Å². The van der Waals surface area contributed by atoms with Crippen molar-refractivity contribution in [3.8, 4) is 5.75 Å². The Labute approximate surface area is 161 Å². The molecule has 0 spiro atoms. The molecular weight excluding hydrogens is 364 g/mol. The minimum Gasteiger partial charge on any atom is -0.497 e. The van der Waals surface area contributed by atoms with E-state index in [-0.39, 0.29) is 5.91 Å². The fraction of sp³-hybridized carbons (Fsp3) is 0.350. The number of sulfonamides is 1. The van der Waals surface area contributed by atoms with E-state index in [1.54, 1.807) is 31.2 Å². The molecule has 2 rings (SSSR count). The van der Waals surface area contributed by atoms with Gasteiger partial charge in [0.15, 0.2) is 0 Å². The molecule has 0 unspecified atom stereocenters. The van der Waals surface area contributed by atoms with Gasteiger partial charge >= 0.3 is 0 Å². The van der Waals surface area contributed by atoms with Gasteiger partial charge in [0.1, 0.15) is 11.8 Å². The number of nitrogens with zero attached hydrogens (tertiary/aromatic N) is 1. The molecule has 1 N–H and O–H groups in total. The average molecular weight is 391 g/mol. The van der Waals surface area contributed by atoms with Crippen LogP contribution in [0.1, 0.15) is 24.5 Å². The molecule has 0 fully saturated rings. The van der Waals surface area contributed by atoms with Gasteiger partial charge < -0.3 is 10.1 Å². The number of ether oxygens (including phenoxy) is 1. The van der Waals surface area contributed by atoms with Crippen molar-refractivity contribution in [2.75, 3.05) is 17.7 Å². The SMILES string of the molecule is CC[C@@H](C(=O)NCc1ccc(C)cc1)N(c1ccc(OC)cc1)S(C)(=O)=O. The molecule has 0 radical (unpaired) electrons. The summed E-state index contributed by atoms with van der Waals surface area (Å²) in [6.45, 7) is 4.13. The Bertz CT molecular complexity index is 862. The van der Waals surface area contributed by atoms with E-state index in [9.17, 15) is 13.2 Å². The van der Waals surface area contributed by atoms with Crippen LogP contribution in [0.5, 0.6) is 5.75 Å². The van der Waals surface area contributed by atoms with Crippen molar-refractivity contribution in [1.29, 1.82) is 0 Å². The second-order valence-corrected chi connectivity index (χ2v) is 8.24. The minimum atomic E-state index is -3.65. The summed E-state index contributed by atoms with van der Waals surface area (Å²) in [6, 6.07) is 13.6. The van der Waals surface area contributed by atoms with Gasteiger partial charge in [-0.3, -0.25) is 9.10 Å². The zero-order valence-electron chi connectivity index (χ0n) is 16.1. The first kappa shape index (κ1) is 20.8. The second kappa shape index (κ2) is 8.90. The van der Waals surface area contributed by atoms with Gasteiger partial charge in [0.25, 0.3) is 0 Å². The summed E-state index contributed by atoms with van der Waals surface area (Å²) in [7, 11) is -2.11. The number of amides is 1. The highest BCUT2D eigenvalue weighted by Crippen LogP contribution is 2.25. The van der Waals surface area contributed by atoms with Crippen molar-refractivity contribution in [2.45, 2.75) is 32.9 Å². The third kappa shape index (κ3) is 5.47. The lowest BCUT2D eigenvalue weighted by Gasteiger charge is -2.30. The number of hydrogen-bond donors (Lipinski definition) is 1. The van der Waals surface area contributed by atoms with Gasteiger partial charge in [0.2, 0.25) is 15.9 Å². The lowest BCUT2D eigenvalue weighted by Crippen LogP contribution is -2.49. The smallest absolute Gasteiger partial charge is 0.244 e. The Balaban J connectivity index is 2.22. The van der Waals surface area contributed by atoms with E-state index in [1.165, 1.54) is 7.11 Å². The molecule has 0 aliphatic heterocycles. The summed E-state index contributed by atoms with van der Waals surface area (Å²) in [5.41, 5.74) is 2.52. The van der Waals surface area contributed by atoms with Crippen LogP contribution in [0, 0.1) is 6.92 Å². The maximum absolute atomic E-state index is 12.8. The highest BCUT2D eigenvalue weighted by molar-refractivity contribution is 7.92. The Morgan fingerprint density at radius 2 is 1.70 bits per heavy atom. The molecule has 6 nitrogen and oxygen atoms in total. The van der Waals surface area contributed by atoms with E-state index in [2.05, 4.69) is 5.32 Å². The standard InChI is InChI=1S/C20H26N2O4S/c1-5-19(20(23)21-14-16-8-6-15(2)7-9-16)22(27(4,24)25)17-10-12-18(26-3)13-11-17/h6-13,19H,5,14H2,1-4H3,(H,21,23)/t19-/m0/s1. The number of carbonyl (C=O) groups excluding carboxylic acids is 1. The van der Waals surface area contributed by atoms with Crippen LogP contribution in [-0.2, 0) is 21.4 Å². The largest absolute Gasteiger partial charge is 0.497 e. The number of rotatable bonds is 8. The van der Waals surface area contributed by atoms with Crippen molar-refractivity contribution in [1.82, 2.24) is 5.32 Å². The van der Waals surface area contributed by atoms with E-state index >= 15 is 0 Å². The van der Waals surface area contributed by atoms with Gasteiger partial charge in [0, 0.05) is 6.54 Å². The van der Waals surface area contributed by atoms with Crippen LogP contribution >= 0.6 is 0 Å². The number of methoxy groups -OCH3 is 1. The van der Waals surface area contributed by atoms with Crippen molar-refractivity contribution in [3.63, 3.8) is 0 Å². The molecule has 0 aliphatic carbocycles. The topological polar surface area (TPSA) is 75.7 Å². The molecular formula is C20H26N2O4S. The number of anilines is 1. The number of carbonyl (C=O) groups is 1. The van der Waals surface area contributed by atoms with Crippen molar-refractivity contribution >= 4 is 21.6 Å². The lowest BCUT2D eigenvalue weighted by atomic mass is 10.1. The van der Waals surface area contributed by atoms with Crippen LogP contribution in [0.25, 0.3) is 0 Å². The minimum absolute atomic E-state index is 0.334. The number of nitrogens with one attached hydrogen (secondary N) is 1. The van der Waals surface area contributed by atoms with Gasteiger partial charge in [-0.15, -0.1) is 0 Å². The van der Waals surface area contributed by atoms with Gasteiger partial charge in [-0.1, -0.05) is 36.8 Å². The molecule has 2 aromatic rings. The van der Waals surface area contributed by atoms with Crippen LogP contribution in [0.4, 0.5) is 5.69 Å². The third-order valence-corrected chi connectivity index (χ3v) is 5.42. The molecule has 27 heavy (non-hydrogen) atoms.